The van der Waals surface area contributed by atoms with E-state index in [9.17, 15) is 14.7 Å². The molecule has 0 fully saturated rings. The summed E-state index contributed by atoms with van der Waals surface area (Å²) in [5.74, 6) is 0. The van der Waals surface area contributed by atoms with Gasteiger partial charge in [-0.25, -0.2) is 4.79 Å². The molecule has 0 spiro atoms. The molecule has 0 atom stereocenters. The van der Waals surface area contributed by atoms with Gasteiger partial charge in [0.15, 0.2) is 0 Å². The standard InChI is InChI=1S/C25H24ClN3O3/c1-16-4-6-17(7-5-16)14-20-22-21(15-27-23(20)18-8-10-19(26)11-9-18)28(2)25(32)29(24(22)31)12-3-13-30/h4-11,15,30H,3,12-14H2,1-2H3. The second-order valence-electron chi connectivity index (χ2n) is 7.89. The van der Waals surface area contributed by atoms with Crippen molar-refractivity contribution in [1.29, 1.82) is 0 Å². The molecule has 0 saturated carbocycles. The Hall–Kier alpha value is -3.22. The van der Waals surface area contributed by atoms with E-state index < -0.39 is 5.69 Å². The molecule has 7 heteroatoms. The minimum Gasteiger partial charge on any atom is -0.396 e. The van der Waals surface area contributed by atoms with Crippen molar-refractivity contribution in [2.24, 2.45) is 7.05 Å². The molecule has 164 valence electrons. The second kappa shape index (κ2) is 9.10. The molecule has 0 saturated heterocycles. The molecule has 4 aromatic rings. The Balaban J connectivity index is 2.04. The lowest BCUT2D eigenvalue weighted by Crippen LogP contribution is -2.39. The summed E-state index contributed by atoms with van der Waals surface area (Å²) < 4.78 is 2.65. The number of hydrogen-bond donors (Lipinski definition) is 1. The monoisotopic (exact) mass is 449 g/mol. The average Bonchev–Trinajstić information content (AvgIpc) is 2.79. The number of pyridine rings is 1. The number of rotatable bonds is 6. The highest BCUT2D eigenvalue weighted by atomic mass is 35.5. The van der Waals surface area contributed by atoms with E-state index in [1.807, 2.05) is 43.3 Å². The Kier molecular flexibility index (Phi) is 6.26. The summed E-state index contributed by atoms with van der Waals surface area (Å²) in [6.07, 6.45) is 2.39. The van der Waals surface area contributed by atoms with Crippen molar-refractivity contribution in [3.8, 4) is 11.3 Å². The molecular weight excluding hydrogens is 426 g/mol. The summed E-state index contributed by atoms with van der Waals surface area (Å²) in [6.45, 7) is 2.08. The maximum absolute atomic E-state index is 13.5. The molecule has 4 rings (SSSR count). The van der Waals surface area contributed by atoms with Crippen LogP contribution in [0.4, 0.5) is 0 Å². The van der Waals surface area contributed by atoms with E-state index in [0.717, 1.165) is 22.3 Å². The molecule has 2 aromatic heterocycles. The van der Waals surface area contributed by atoms with Crippen molar-refractivity contribution in [2.75, 3.05) is 6.61 Å². The number of nitrogens with zero attached hydrogens (tertiary/aromatic N) is 3. The first-order chi connectivity index (χ1) is 15.4. The fourth-order valence-corrected chi connectivity index (χ4v) is 4.03. The minimum atomic E-state index is -0.418. The number of halogens is 1. The van der Waals surface area contributed by atoms with Crippen molar-refractivity contribution in [2.45, 2.75) is 26.3 Å². The SMILES string of the molecule is Cc1ccc(Cc2c(-c3ccc(Cl)cc3)ncc3c2c(=O)n(CCCO)c(=O)n3C)cc1. The van der Waals surface area contributed by atoms with Crippen LogP contribution in [0.1, 0.15) is 23.1 Å². The van der Waals surface area contributed by atoms with Crippen LogP contribution in [-0.2, 0) is 20.0 Å². The lowest BCUT2D eigenvalue weighted by molar-refractivity contribution is 0.277. The summed E-state index contributed by atoms with van der Waals surface area (Å²) >= 11 is 6.08. The molecular formula is C25H24ClN3O3. The highest BCUT2D eigenvalue weighted by Crippen LogP contribution is 2.29. The van der Waals surface area contributed by atoms with E-state index in [1.165, 1.54) is 9.13 Å². The third-order valence-electron chi connectivity index (χ3n) is 5.66. The smallest absolute Gasteiger partial charge is 0.331 e. The van der Waals surface area contributed by atoms with Crippen molar-refractivity contribution < 1.29 is 5.11 Å². The Morgan fingerprint density at radius 1 is 1.03 bits per heavy atom. The Bertz CT molecular complexity index is 1390. The first kappa shape index (κ1) is 22.0. The number of aliphatic hydroxyl groups excluding tert-OH is 1. The number of aryl methyl sites for hydroxylation is 2. The summed E-state index contributed by atoms with van der Waals surface area (Å²) in [4.78, 5) is 31.0. The number of aliphatic hydroxyl groups is 1. The maximum atomic E-state index is 13.5. The predicted octanol–water partition coefficient (Wildman–Crippen LogP) is 3.70. The molecule has 0 aliphatic heterocycles. The Morgan fingerprint density at radius 2 is 1.72 bits per heavy atom. The second-order valence-corrected chi connectivity index (χ2v) is 8.33. The number of aromatic nitrogens is 3. The lowest BCUT2D eigenvalue weighted by Gasteiger charge is -2.16. The van der Waals surface area contributed by atoms with Crippen LogP contribution >= 0.6 is 11.6 Å². The Labute approximate surface area is 190 Å². The summed E-state index contributed by atoms with van der Waals surface area (Å²) in [5.41, 5.74) is 4.17. The van der Waals surface area contributed by atoms with E-state index >= 15 is 0 Å². The molecule has 0 aliphatic carbocycles. The van der Waals surface area contributed by atoms with Crippen molar-refractivity contribution in [3.63, 3.8) is 0 Å². The van der Waals surface area contributed by atoms with E-state index in [-0.39, 0.29) is 18.7 Å². The quantitative estimate of drug-likeness (QED) is 0.487. The van der Waals surface area contributed by atoms with Crippen LogP contribution in [0.3, 0.4) is 0 Å². The van der Waals surface area contributed by atoms with Gasteiger partial charge in [-0.2, -0.15) is 0 Å². The van der Waals surface area contributed by atoms with Crippen LogP contribution in [0.5, 0.6) is 0 Å². The van der Waals surface area contributed by atoms with Crippen LogP contribution < -0.4 is 11.2 Å². The maximum Gasteiger partial charge on any atom is 0.331 e. The highest BCUT2D eigenvalue weighted by molar-refractivity contribution is 6.30. The van der Waals surface area contributed by atoms with Gasteiger partial charge >= 0.3 is 5.69 Å². The van der Waals surface area contributed by atoms with E-state index in [4.69, 9.17) is 11.6 Å². The zero-order chi connectivity index (χ0) is 22.8. The van der Waals surface area contributed by atoms with Crippen molar-refractivity contribution >= 4 is 22.5 Å². The van der Waals surface area contributed by atoms with Crippen molar-refractivity contribution in [3.05, 3.63) is 97.3 Å². The normalized spacial score (nSPS) is 11.2. The van der Waals surface area contributed by atoms with Gasteiger partial charge in [0.25, 0.3) is 5.56 Å². The fraction of sp³-hybridized carbons (Fsp3) is 0.240. The summed E-state index contributed by atoms with van der Waals surface area (Å²) in [5, 5.41) is 10.3. The van der Waals surface area contributed by atoms with Gasteiger partial charge in [-0.3, -0.25) is 18.9 Å². The fourth-order valence-electron chi connectivity index (χ4n) is 3.90. The van der Waals surface area contributed by atoms with Crippen LogP contribution in [0.2, 0.25) is 5.02 Å². The van der Waals surface area contributed by atoms with Crippen molar-refractivity contribution in [1.82, 2.24) is 14.1 Å². The predicted molar refractivity (Wildman–Crippen MR) is 127 cm³/mol. The molecule has 0 amide bonds. The zero-order valence-corrected chi connectivity index (χ0v) is 18.8. The number of hydrogen-bond acceptors (Lipinski definition) is 4. The zero-order valence-electron chi connectivity index (χ0n) is 18.0. The van der Waals surface area contributed by atoms with Crippen LogP contribution in [0.25, 0.3) is 22.2 Å². The highest BCUT2D eigenvalue weighted by Gasteiger charge is 2.19. The molecule has 2 heterocycles. The largest absolute Gasteiger partial charge is 0.396 e. The summed E-state index contributed by atoms with van der Waals surface area (Å²) in [6, 6.07) is 15.5. The molecule has 2 aromatic carbocycles. The lowest BCUT2D eigenvalue weighted by atomic mass is 9.96. The minimum absolute atomic E-state index is 0.101. The van der Waals surface area contributed by atoms with E-state index in [1.54, 1.807) is 25.4 Å². The third kappa shape index (κ3) is 4.11. The van der Waals surface area contributed by atoms with Gasteiger partial charge in [-0.05, 0) is 36.6 Å². The molecule has 0 aliphatic rings. The molecule has 0 bridgehead atoms. The van der Waals surface area contributed by atoms with Crippen LogP contribution in [0, 0.1) is 6.92 Å². The van der Waals surface area contributed by atoms with Gasteiger partial charge in [-0.1, -0.05) is 53.6 Å². The summed E-state index contributed by atoms with van der Waals surface area (Å²) in [7, 11) is 1.64. The number of benzene rings is 2. The topological polar surface area (TPSA) is 77.1 Å². The van der Waals surface area contributed by atoms with Gasteiger partial charge in [0.2, 0.25) is 0 Å². The van der Waals surface area contributed by atoms with E-state index in [0.29, 0.717) is 34.5 Å². The third-order valence-corrected chi connectivity index (χ3v) is 5.91. The van der Waals surface area contributed by atoms with Gasteiger partial charge < -0.3 is 5.11 Å². The van der Waals surface area contributed by atoms with Gasteiger partial charge in [0.05, 0.1) is 22.8 Å². The van der Waals surface area contributed by atoms with Gasteiger partial charge in [0, 0.05) is 37.2 Å². The first-order valence-corrected chi connectivity index (χ1v) is 10.8. The van der Waals surface area contributed by atoms with Crippen LogP contribution in [-0.4, -0.2) is 25.8 Å². The van der Waals surface area contributed by atoms with E-state index in [2.05, 4.69) is 4.98 Å². The average molecular weight is 450 g/mol. The Morgan fingerprint density at radius 3 is 2.38 bits per heavy atom. The molecule has 1 N–H and O–H groups in total. The molecule has 0 unspecified atom stereocenters. The molecule has 6 nitrogen and oxygen atoms in total. The van der Waals surface area contributed by atoms with Gasteiger partial charge in [0.1, 0.15) is 0 Å². The molecule has 32 heavy (non-hydrogen) atoms. The van der Waals surface area contributed by atoms with Gasteiger partial charge in [-0.15, -0.1) is 0 Å². The first-order valence-electron chi connectivity index (χ1n) is 10.4. The van der Waals surface area contributed by atoms with Crippen LogP contribution in [0.15, 0.2) is 64.3 Å². The number of fused-ring (bicyclic) bond motifs is 1. The molecule has 0 radical (unpaired) electrons.